The molecule has 0 fully saturated rings. The van der Waals surface area contributed by atoms with E-state index in [1.165, 1.54) is 0 Å². The normalized spacial score (nSPS) is 9.81. The van der Waals surface area contributed by atoms with Crippen LogP contribution in [-0.4, -0.2) is 18.4 Å². The van der Waals surface area contributed by atoms with Gasteiger partial charge in [0.25, 0.3) is 0 Å². The number of benzene rings is 1. The second-order valence-corrected chi connectivity index (χ2v) is 3.35. The summed E-state index contributed by atoms with van der Waals surface area (Å²) in [6, 6.07) is 9.19. The molecule has 0 atom stereocenters. The fraction of sp³-hybridized carbons (Fsp3) is 0.0769. The minimum atomic E-state index is 0.596. The minimum absolute atomic E-state index is 0.596. The maximum absolute atomic E-state index is 10.8. The molecule has 0 unspecified atom stereocenters. The van der Waals surface area contributed by atoms with E-state index in [1.54, 1.807) is 25.6 Å². The Morgan fingerprint density at radius 3 is 2.75 bits per heavy atom. The first-order chi connectivity index (χ1) is 7.83. The van der Waals surface area contributed by atoms with Crippen LogP contribution in [0, 0.1) is 0 Å². The summed E-state index contributed by atoms with van der Waals surface area (Å²) in [6.45, 7) is 0. The molecular weight excluding hydrogens is 202 g/mol. The number of carbonyl (C=O) groups is 1. The number of aldehydes is 1. The second-order valence-electron chi connectivity index (χ2n) is 3.35. The molecule has 0 saturated carbocycles. The van der Waals surface area contributed by atoms with Gasteiger partial charge in [-0.15, -0.1) is 0 Å². The average molecular weight is 213 g/mol. The van der Waals surface area contributed by atoms with Crippen LogP contribution in [0.15, 0.2) is 42.7 Å². The monoisotopic (exact) mass is 213 g/mol. The Kier molecular flexibility index (Phi) is 2.96. The van der Waals surface area contributed by atoms with Crippen LogP contribution in [0.2, 0.25) is 0 Å². The highest BCUT2D eigenvalue weighted by molar-refractivity contribution is 5.80. The van der Waals surface area contributed by atoms with Gasteiger partial charge >= 0.3 is 0 Å². The molecule has 0 aliphatic rings. The fourth-order valence-electron chi connectivity index (χ4n) is 1.51. The molecule has 0 saturated heterocycles. The number of ether oxygens (including phenoxy) is 1. The van der Waals surface area contributed by atoms with Crippen molar-refractivity contribution < 1.29 is 9.53 Å². The summed E-state index contributed by atoms with van der Waals surface area (Å²) in [4.78, 5) is 14.8. The van der Waals surface area contributed by atoms with Crippen LogP contribution >= 0.6 is 0 Å². The van der Waals surface area contributed by atoms with Crippen LogP contribution in [0.1, 0.15) is 10.4 Å². The zero-order valence-corrected chi connectivity index (χ0v) is 8.88. The van der Waals surface area contributed by atoms with Crippen LogP contribution in [0.4, 0.5) is 0 Å². The van der Waals surface area contributed by atoms with Gasteiger partial charge < -0.3 is 4.74 Å². The number of methoxy groups -OCH3 is 1. The van der Waals surface area contributed by atoms with E-state index >= 15 is 0 Å². The number of hydrogen-bond donors (Lipinski definition) is 0. The molecule has 0 aliphatic carbocycles. The third-order valence-corrected chi connectivity index (χ3v) is 2.30. The molecule has 0 amide bonds. The lowest BCUT2D eigenvalue weighted by Gasteiger charge is -2.05. The second kappa shape index (κ2) is 4.57. The number of carbonyl (C=O) groups excluding carboxylic acids is 1. The Morgan fingerprint density at radius 1 is 1.25 bits per heavy atom. The van der Waals surface area contributed by atoms with Gasteiger partial charge in [0, 0.05) is 23.5 Å². The minimum Gasteiger partial charge on any atom is -0.497 e. The van der Waals surface area contributed by atoms with Crippen LogP contribution in [0.25, 0.3) is 11.1 Å². The van der Waals surface area contributed by atoms with Gasteiger partial charge in [0.2, 0.25) is 0 Å². The van der Waals surface area contributed by atoms with Crippen molar-refractivity contribution in [3.8, 4) is 16.9 Å². The number of pyridine rings is 1. The molecule has 1 aromatic carbocycles. The molecule has 2 rings (SSSR count). The highest BCUT2D eigenvalue weighted by Crippen LogP contribution is 2.24. The Hall–Kier alpha value is -2.16. The van der Waals surface area contributed by atoms with Gasteiger partial charge in [0.05, 0.1) is 7.11 Å². The molecule has 1 heterocycles. The Bertz CT molecular complexity index is 495. The molecule has 0 N–H and O–H groups in total. The summed E-state index contributed by atoms with van der Waals surface area (Å²) in [5.74, 6) is 0.670. The van der Waals surface area contributed by atoms with E-state index in [9.17, 15) is 4.79 Å². The molecule has 80 valence electrons. The van der Waals surface area contributed by atoms with Crippen LogP contribution in [0.3, 0.4) is 0 Å². The lowest BCUT2D eigenvalue weighted by Crippen LogP contribution is -1.88. The van der Waals surface area contributed by atoms with Gasteiger partial charge in [-0.2, -0.15) is 0 Å². The first-order valence-electron chi connectivity index (χ1n) is 4.88. The molecule has 0 spiro atoms. The van der Waals surface area contributed by atoms with E-state index in [0.29, 0.717) is 11.3 Å². The molecule has 3 nitrogen and oxygen atoms in total. The van der Waals surface area contributed by atoms with Crippen LogP contribution in [-0.2, 0) is 0 Å². The summed E-state index contributed by atoms with van der Waals surface area (Å²) in [5, 5.41) is 0. The number of aromatic nitrogens is 1. The summed E-state index contributed by atoms with van der Waals surface area (Å²) < 4.78 is 5.14. The van der Waals surface area contributed by atoms with Crippen molar-refractivity contribution in [1.82, 2.24) is 4.98 Å². The highest BCUT2D eigenvalue weighted by atomic mass is 16.5. The maximum atomic E-state index is 10.8. The number of rotatable bonds is 3. The van der Waals surface area contributed by atoms with Gasteiger partial charge in [-0.1, -0.05) is 6.07 Å². The largest absolute Gasteiger partial charge is 0.497 e. The van der Waals surface area contributed by atoms with Gasteiger partial charge in [0.1, 0.15) is 12.0 Å². The van der Waals surface area contributed by atoms with E-state index in [2.05, 4.69) is 4.98 Å². The van der Waals surface area contributed by atoms with Crippen molar-refractivity contribution in [1.29, 1.82) is 0 Å². The molecule has 1 aromatic heterocycles. The zero-order chi connectivity index (χ0) is 11.4. The highest BCUT2D eigenvalue weighted by Gasteiger charge is 2.03. The molecule has 0 bridgehead atoms. The van der Waals surface area contributed by atoms with Crippen molar-refractivity contribution in [2.75, 3.05) is 7.11 Å². The molecule has 16 heavy (non-hydrogen) atoms. The van der Waals surface area contributed by atoms with Crippen LogP contribution in [0.5, 0.6) is 5.75 Å². The summed E-state index contributed by atoms with van der Waals surface area (Å²) in [6.07, 6.45) is 4.27. The summed E-state index contributed by atoms with van der Waals surface area (Å²) >= 11 is 0. The van der Waals surface area contributed by atoms with Crippen molar-refractivity contribution in [3.05, 3.63) is 48.3 Å². The molecule has 0 aliphatic heterocycles. The number of hydrogen-bond acceptors (Lipinski definition) is 3. The van der Waals surface area contributed by atoms with Gasteiger partial charge in [-0.05, 0) is 29.8 Å². The van der Waals surface area contributed by atoms with Crippen molar-refractivity contribution in [2.45, 2.75) is 0 Å². The first-order valence-corrected chi connectivity index (χ1v) is 4.88. The molecule has 2 aromatic rings. The molecule has 3 heteroatoms. The molecular formula is C13H11NO2. The standard InChI is InChI=1S/C13H11NO2/c1-16-13-6-10(9-15)5-12(7-13)11-3-2-4-14-8-11/h2-9H,1H3. The number of nitrogens with zero attached hydrogens (tertiary/aromatic N) is 1. The van der Waals surface area contributed by atoms with Gasteiger partial charge in [-0.3, -0.25) is 9.78 Å². The zero-order valence-electron chi connectivity index (χ0n) is 8.88. The van der Waals surface area contributed by atoms with Crippen LogP contribution < -0.4 is 4.74 Å². The Morgan fingerprint density at radius 2 is 2.12 bits per heavy atom. The van der Waals surface area contributed by atoms with E-state index in [1.807, 2.05) is 24.3 Å². The van der Waals surface area contributed by atoms with E-state index in [0.717, 1.165) is 17.4 Å². The fourth-order valence-corrected chi connectivity index (χ4v) is 1.51. The maximum Gasteiger partial charge on any atom is 0.150 e. The van der Waals surface area contributed by atoms with Crippen molar-refractivity contribution >= 4 is 6.29 Å². The topological polar surface area (TPSA) is 39.2 Å². The first kappa shape index (κ1) is 10.4. The third kappa shape index (κ3) is 2.08. The predicted octanol–water partition coefficient (Wildman–Crippen LogP) is 2.57. The van der Waals surface area contributed by atoms with E-state index < -0.39 is 0 Å². The third-order valence-electron chi connectivity index (χ3n) is 2.30. The quantitative estimate of drug-likeness (QED) is 0.735. The van der Waals surface area contributed by atoms with Crippen molar-refractivity contribution in [3.63, 3.8) is 0 Å². The molecule has 0 radical (unpaired) electrons. The summed E-state index contributed by atoms with van der Waals surface area (Å²) in [5.41, 5.74) is 2.48. The van der Waals surface area contributed by atoms with E-state index in [-0.39, 0.29) is 0 Å². The van der Waals surface area contributed by atoms with Gasteiger partial charge in [0.15, 0.2) is 0 Å². The van der Waals surface area contributed by atoms with Crippen molar-refractivity contribution in [2.24, 2.45) is 0 Å². The Balaban J connectivity index is 2.52. The summed E-state index contributed by atoms with van der Waals surface area (Å²) in [7, 11) is 1.58. The van der Waals surface area contributed by atoms with E-state index in [4.69, 9.17) is 4.74 Å². The van der Waals surface area contributed by atoms with Gasteiger partial charge in [-0.25, -0.2) is 0 Å². The predicted molar refractivity (Wildman–Crippen MR) is 61.6 cm³/mol. The average Bonchev–Trinajstić information content (AvgIpc) is 2.39. The lowest BCUT2D eigenvalue weighted by molar-refractivity contribution is 0.112. The SMILES string of the molecule is COc1cc(C=O)cc(-c2cccnc2)c1. The lowest BCUT2D eigenvalue weighted by atomic mass is 10.0. The Labute approximate surface area is 93.7 Å². The smallest absolute Gasteiger partial charge is 0.150 e.